The van der Waals surface area contributed by atoms with Crippen molar-refractivity contribution in [1.29, 1.82) is 0 Å². The topological polar surface area (TPSA) is 101 Å². The highest BCUT2D eigenvalue weighted by molar-refractivity contribution is 5.38. The van der Waals surface area contributed by atoms with Crippen LogP contribution in [0.15, 0.2) is 10.9 Å². The summed E-state index contributed by atoms with van der Waals surface area (Å²) in [5.74, 6) is 0.824. The minimum atomic E-state index is -0.209. The van der Waals surface area contributed by atoms with Gasteiger partial charge in [-0.25, -0.2) is 0 Å². The van der Waals surface area contributed by atoms with Crippen LogP contribution < -0.4 is 21.9 Å². The summed E-state index contributed by atoms with van der Waals surface area (Å²) >= 11 is 0. The van der Waals surface area contributed by atoms with Crippen LogP contribution in [0.5, 0.6) is 0 Å². The molecule has 6 heteroatoms. The van der Waals surface area contributed by atoms with Gasteiger partial charge in [0.2, 0.25) is 5.95 Å². The van der Waals surface area contributed by atoms with Crippen molar-refractivity contribution in [1.82, 2.24) is 9.97 Å². The predicted molar refractivity (Wildman–Crippen MR) is 67.9 cm³/mol. The van der Waals surface area contributed by atoms with Crippen LogP contribution in [-0.4, -0.2) is 29.6 Å². The first-order chi connectivity index (χ1) is 8.02. The second-order valence-electron chi connectivity index (χ2n) is 5.00. The molecule has 0 spiro atoms. The Hall–Kier alpha value is -1.56. The van der Waals surface area contributed by atoms with Crippen molar-refractivity contribution in [3.05, 3.63) is 16.4 Å². The lowest BCUT2D eigenvalue weighted by atomic mass is 9.81. The summed E-state index contributed by atoms with van der Waals surface area (Å²) < 4.78 is 0. The molecule has 17 heavy (non-hydrogen) atoms. The summed E-state index contributed by atoms with van der Waals surface area (Å²) in [6.45, 7) is 4.59. The molecule has 94 valence electrons. The highest BCUT2D eigenvalue weighted by Gasteiger charge is 2.29. The zero-order chi connectivity index (χ0) is 12.5. The molecule has 0 radical (unpaired) electrons. The minimum Gasteiger partial charge on any atom is -0.383 e. The van der Waals surface area contributed by atoms with Crippen molar-refractivity contribution in [2.45, 2.75) is 19.8 Å². The lowest BCUT2D eigenvalue weighted by Crippen LogP contribution is -2.43. The Morgan fingerprint density at radius 3 is 2.71 bits per heavy atom. The third-order valence-electron chi connectivity index (χ3n) is 3.51. The molecular weight excluding hydrogens is 218 g/mol. The van der Waals surface area contributed by atoms with Gasteiger partial charge in [0.15, 0.2) is 0 Å². The van der Waals surface area contributed by atoms with E-state index in [1.807, 2.05) is 0 Å². The van der Waals surface area contributed by atoms with Gasteiger partial charge in [-0.1, -0.05) is 6.92 Å². The molecule has 6 nitrogen and oxygen atoms in total. The van der Waals surface area contributed by atoms with Gasteiger partial charge in [-0.3, -0.25) is 9.78 Å². The second-order valence-corrected chi connectivity index (χ2v) is 5.00. The molecule has 0 saturated carbocycles. The van der Waals surface area contributed by atoms with Gasteiger partial charge in [0, 0.05) is 19.2 Å². The molecule has 1 aromatic rings. The van der Waals surface area contributed by atoms with E-state index < -0.39 is 0 Å². The first-order valence-corrected chi connectivity index (χ1v) is 5.84. The number of nitrogens with two attached hydrogens (primary N) is 2. The molecule has 1 aliphatic heterocycles. The highest BCUT2D eigenvalue weighted by atomic mass is 16.1. The molecule has 0 unspecified atom stereocenters. The Morgan fingerprint density at radius 2 is 2.18 bits per heavy atom. The third-order valence-corrected chi connectivity index (χ3v) is 3.51. The Bertz CT molecular complexity index is 447. The number of anilines is 2. The molecule has 1 aliphatic rings. The number of piperidine rings is 1. The summed E-state index contributed by atoms with van der Waals surface area (Å²) in [5, 5.41) is 0. The van der Waals surface area contributed by atoms with Crippen molar-refractivity contribution in [3.63, 3.8) is 0 Å². The third kappa shape index (κ3) is 2.58. The average Bonchev–Trinajstić information content (AvgIpc) is 2.29. The van der Waals surface area contributed by atoms with Gasteiger partial charge in [-0.2, -0.15) is 4.98 Å². The number of nitrogens with zero attached hydrogens (tertiary/aromatic N) is 2. The quantitative estimate of drug-likeness (QED) is 0.667. The van der Waals surface area contributed by atoms with Crippen LogP contribution in [0, 0.1) is 5.41 Å². The molecule has 2 rings (SSSR count). The number of aromatic amines is 1. The van der Waals surface area contributed by atoms with Crippen LogP contribution in [0.2, 0.25) is 0 Å². The molecule has 0 aromatic carbocycles. The SMILES string of the molecule is CC1(CN)CCN(c2nc(N)cc(=O)[nH]2)CC1. The fourth-order valence-corrected chi connectivity index (χ4v) is 2.08. The smallest absolute Gasteiger partial charge is 0.254 e. The van der Waals surface area contributed by atoms with Gasteiger partial charge >= 0.3 is 0 Å². The van der Waals surface area contributed by atoms with E-state index in [9.17, 15) is 4.79 Å². The summed E-state index contributed by atoms with van der Waals surface area (Å²) in [5.41, 5.74) is 11.3. The number of nitrogens with one attached hydrogen (secondary N) is 1. The van der Waals surface area contributed by atoms with E-state index in [0.29, 0.717) is 12.5 Å². The summed E-state index contributed by atoms with van der Waals surface area (Å²) in [4.78, 5) is 20.2. The van der Waals surface area contributed by atoms with Crippen LogP contribution >= 0.6 is 0 Å². The van der Waals surface area contributed by atoms with Crippen LogP contribution in [0.3, 0.4) is 0 Å². The Labute approximate surface area is 100 Å². The fourth-order valence-electron chi connectivity index (χ4n) is 2.08. The second kappa shape index (κ2) is 4.37. The van der Waals surface area contributed by atoms with E-state index in [4.69, 9.17) is 11.5 Å². The number of aromatic nitrogens is 2. The summed E-state index contributed by atoms with van der Waals surface area (Å²) in [6.07, 6.45) is 2.00. The maximum Gasteiger partial charge on any atom is 0.254 e. The zero-order valence-corrected chi connectivity index (χ0v) is 10.1. The Morgan fingerprint density at radius 1 is 1.53 bits per heavy atom. The first-order valence-electron chi connectivity index (χ1n) is 5.84. The van der Waals surface area contributed by atoms with Gasteiger partial charge in [0.1, 0.15) is 5.82 Å². The van der Waals surface area contributed by atoms with Gasteiger partial charge in [0.25, 0.3) is 5.56 Å². The number of rotatable bonds is 2. The fraction of sp³-hybridized carbons (Fsp3) is 0.636. The average molecular weight is 237 g/mol. The van der Waals surface area contributed by atoms with E-state index in [0.717, 1.165) is 25.9 Å². The van der Waals surface area contributed by atoms with Crippen molar-refractivity contribution in [3.8, 4) is 0 Å². The Balaban J connectivity index is 2.13. The minimum absolute atomic E-state index is 0.205. The summed E-state index contributed by atoms with van der Waals surface area (Å²) in [6, 6.07) is 1.29. The molecule has 1 fully saturated rings. The molecule has 0 bridgehead atoms. The highest BCUT2D eigenvalue weighted by Crippen LogP contribution is 2.30. The number of hydrogen-bond donors (Lipinski definition) is 3. The summed E-state index contributed by atoms with van der Waals surface area (Å²) in [7, 11) is 0. The van der Waals surface area contributed by atoms with Crippen molar-refractivity contribution in [2.24, 2.45) is 11.1 Å². The van der Waals surface area contributed by atoms with Crippen LogP contribution in [0.25, 0.3) is 0 Å². The maximum absolute atomic E-state index is 11.3. The van der Waals surface area contributed by atoms with E-state index in [-0.39, 0.29) is 16.8 Å². The lowest BCUT2D eigenvalue weighted by Gasteiger charge is -2.38. The van der Waals surface area contributed by atoms with Gasteiger partial charge in [0.05, 0.1) is 0 Å². The largest absolute Gasteiger partial charge is 0.383 e. The van der Waals surface area contributed by atoms with Crippen LogP contribution in [0.4, 0.5) is 11.8 Å². The van der Waals surface area contributed by atoms with E-state index in [1.165, 1.54) is 6.07 Å². The van der Waals surface area contributed by atoms with Crippen LogP contribution in [-0.2, 0) is 0 Å². The molecule has 0 amide bonds. The first kappa shape index (κ1) is 11.9. The van der Waals surface area contributed by atoms with E-state index in [1.54, 1.807) is 0 Å². The number of hydrogen-bond acceptors (Lipinski definition) is 5. The van der Waals surface area contributed by atoms with Crippen LogP contribution in [0.1, 0.15) is 19.8 Å². The van der Waals surface area contributed by atoms with Crippen molar-refractivity contribution < 1.29 is 0 Å². The molecular formula is C11H19N5O. The van der Waals surface area contributed by atoms with E-state index in [2.05, 4.69) is 21.8 Å². The molecule has 0 atom stereocenters. The van der Waals surface area contributed by atoms with E-state index >= 15 is 0 Å². The molecule has 1 aromatic heterocycles. The molecule has 2 heterocycles. The van der Waals surface area contributed by atoms with Gasteiger partial charge in [-0.15, -0.1) is 0 Å². The van der Waals surface area contributed by atoms with Gasteiger partial charge in [-0.05, 0) is 24.8 Å². The maximum atomic E-state index is 11.3. The van der Waals surface area contributed by atoms with Gasteiger partial charge < -0.3 is 16.4 Å². The molecule has 0 aliphatic carbocycles. The number of nitrogen functional groups attached to an aromatic ring is 1. The predicted octanol–water partition coefficient (Wildman–Crippen LogP) is -0.0827. The standard InChI is InChI=1S/C11H19N5O/c1-11(7-12)2-4-16(5-3-11)10-14-8(13)6-9(17)15-10/h6H,2-5,7,12H2,1H3,(H3,13,14,15,17). The monoisotopic (exact) mass is 237 g/mol. The van der Waals surface area contributed by atoms with Crippen molar-refractivity contribution >= 4 is 11.8 Å². The lowest BCUT2D eigenvalue weighted by molar-refractivity contribution is 0.257. The molecule has 1 saturated heterocycles. The normalized spacial score (nSPS) is 19.3. The van der Waals surface area contributed by atoms with Crippen molar-refractivity contribution in [2.75, 3.05) is 30.3 Å². The Kier molecular flexibility index (Phi) is 3.06. The number of H-pyrrole nitrogens is 1. The molecule has 5 N–H and O–H groups in total. The zero-order valence-electron chi connectivity index (χ0n) is 10.1.